The summed E-state index contributed by atoms with van der Waals surface area (Å²) in [5, 5.41) is 2.56. The molecule has 0 amide bonds. The van der Waals surface area contributed by atoms with E-state index in [2.05, 4.69) is 43.8 Å². The Bertz CT molecular complexity index is 667. The molecule has 0 heterocycles. The normalized spacial score (nSPS) is 15.5. The van der Waals surface area contributed by atoms with E-state index < -0.39 is 0 Å². The van der Waals surface area contributed by atoms with E-state index >= 15 is 0 Å². The third-order valence-corrected chi connectivity index (χ3v) is 4.04. The molecule has 0 saturated carbocycles. The fourth-order valence-electron chi connectivity index (χ4n) is 3.01. The number of rotatable bonds is 3. The van der Waals surface area contributed by atoms with Crippen LogP contribution in [-0.4, -0.2) is 5.78 Å². The van der Waals surface area contributed by atoms with Gasteiger partial charge in [-0.1, -0.05) is 43.3 Å². The van der Waals surface area contributed by atoms with E-state index in [0.29, 0.717) is 24.5 Å². The van der Waals surface area contributed by atoms with Crippen molar-refractivity contribution in [1.82, 2.24) is 0 Å². The predicted molar refractivity (Wildman–Crippen MR) is 79.4 cm³/mol. The van der Waals surface area contributed by atoms with Gasteiger partial charge in [-0.05, 0) is 39.8 Å². The Labute approximate surface area is 113 Å². The molecule has 2 aromatic carbocycles. The number of allylic oxidation sites excluding steroid dienone is 1. The Morgan fingerprint density at radius 3 is 2.74 bits per heavy atom. The lowest BCUT2D eigenvalue weighted by molar-refractivity contribution is -0.117. The van der Waals surface area contributed by atoms with Crippen LogP contribution in [-0.2, 0) is 24.1 Å². The van der Waals surface area contributed by atoms with Gasteiger partial charge in [-0.3, -0.25) is 4.79 Å². The zero-order valence-electron chi connectivity index (χ0n) is 11.3. The highest BCUT2D eigenvalue weighted by atomic mass is 16.1. The van der Waals surface area contributed by atoms with Crippen LogP contribution in [0.25, 0.3) is 10.8 Å². The lowest BCUT2D eigenvalue weighted by Gasteiger charge is -2.13. The van der Waals surface area contributed by atoms with Gasteiger partial charge in [0.05, 0.1) is 0 Å². The second-order valence-corrected chi connectivity index (χ2v) is 5.53. The van der Waals surface area contributed by atoms with Gasteiger partial charge in [0.1, 0.15) is 5.78 Å². The number of benzene rings is 2. The number of Topliss-reactive ketones (excluding diaryl/α,β-unsaturated/α-hetero) is 1. The van der Waals surface area contributed by atoms with Gasteiger partial charge in [0.25, 0.3) is 0 Å². The summed E-state index contributed by atoms with van der Waals surface area (Å²) in [7, 11) is 0. The Kier molecular flexibility index (Phi) is 2.98. The summed E-state index contributed by atoms with van der Waals surface area (Å²) < 4.78 is 0. The van der Waals surface area contributed by atoms with Crippen LogP contribution < -0.4 is 0 Å². The van der Waals surface area contributed by atoms with Crippen molar-refractivity contribution in [2.75, 3.05) is 0 Å². The molecule has 0 bridgehead atoms. The maximum Gasteiger partial charge on any atom is 0.141 e. The van der Waals surface area contributed by atoms with E-state index in [1.807, 2.05) is 6.08 Å². The smallest absolute Gasteiger partial charge is 0.141 e. The fourth-order valence-corrected chi connectivity index (χ4v) is 3.01. The molecule has 0 saturated heterocycles. The van der Waals surface area contributed by atoms with Gasteiger partial charge >= 0.3 is 0 Å². The van der Waals surface area contributed by atoms with Crippen LogP contribution in [0.2, 0.25) is 0 Å². The first-order chi connectivity index (χ1) is 9.19. The Hall–Kier alpha value is -1.89. The molecule has 96 valence electrons. The van der Waals surface area contributed by atoms with E-state index in [4.69, 9.17) is 0 Å². The Morgan fingerprint density at radius 1 is 1.26 bits per heavy atom. The minimum Gasteiger partial charge on any atom is -0.299 e. The summed E-state index contributed by atoms with van der Waals surface area (Å²) in [6.45, 7) is 6.05. The molecule has 1 aliphatic carbocycles. The molecule has 0 N–H and O–H groups in total. The van der Waals surface area contributed by atoms with Crippen LogP contribution in [0.4, 0.5) is 0 Å². The van der Waals surface area contributed by atoms with E-state index in [-0.39, 0.29) is 0 Å². The van der Waals surface area contributed by atoms with Crippen LogP contribution in [0.15, 0.2) is 43.0 Å². The van der Waals surface area contributed by atoms with Crippen molar-refractivity contribution in [1.29, 1.82) is 0 Å². The Balaban J connectivity index is 2.20. The van der Waals surface area contributed by atoms with E-state index in [0.717, 1.165) is 6.42 Å². The molecule has 19 heavy (non-hydrogen) atoms. The summed E-state index contributed by atoms with van der Waals surface area (Å²) in [5.41, 5.74) is 3.82. The molecule has 1 heteroatoms. The van der Waals surface area contributed by atoms with Crippen molar-refractivity contribution in [3.8, 4) is 0 Å². The SMILES string of the molecule is C=CC(C)Cc1cc2c(c3ccccc13)CC(=O)C2. The molecular formula is C18H18O. The molecule has 0 aromatic heterocycles. The first-order valence-corrected chi connectivity index (χ1v) is 6.85. The molecule has 1 nitrogen and oxygen atoms in total. The van der Waals surface area contributed by atoms with Crippen molar-refractivity contribution in [2.24, 2.45) is 5.92 Å². The molecule has 0 aliphatic heterocycles. The van der Waals surface area contributed by atoms with Crippen LogP contribution in [0.1, 0.15) is 23.6 Å². The average Bonchev–Trinajstić information content (AvgIpc) is 2.79. The molecule has 1 atom stereocenters. The van der Waals surface area contributed by atoms with E-state index in [1.54, 1.807) is 0 Å². The first kappa shape index (κ1) is 12.2. The second-order valence-electron chi connectivity index (χ2n) is 5.53. The maximum absolute atomic E-state index is 11.7. The molecule has 0 fully saturated rings. The van der Waals surface area contributed by atoms with E-state index in [9.17, 15) is 4.79 Å². The zero-order chi connectivity index (χ0) is 13.4. The van der Waals surface area contributed by atoms with Crippen molar-refractivity contribution < 1.29 is 4.79 Å². The summed E-state index contributed by atoms with van der Waals surface area (Å²) >= 11 is 0. The third-order valence-electron chi connectivity index (χ3n) is 4.04. The van der Waals surface area contributed by atoms with Gasteiger partial charge in [0.2, 0.25) is 0 Å². The highest BCUT2D eigenvalue weighted by Gasteiger charge is 2.22. The van der Waals surface area contributed by atoms with Crippen molar-refractivity contribution >= 4 is 16.6 Å². The van der Waals surface area contributed by atoms with Crippen molar-refractivity contribution in [3.63, 3.8) is 0 Å². The molecule has 3 rings (SSSR count). The number of ketones is 1. The van der Waals surface area contributed by atoms with Gasteiger partial charge in [0.15, 0.2) is 0 Å². The monoisotopic (exact) mass is 250 g/mol. The van der Waals surface area contributed by atoms with Gasteiger partial charge < -0.3 is 0 Å². The molecule has 2 aromatic rings. The summed E-state index contributed by atoms with van der Waals surface area (Å²) in [5.74, 6) is 0.799. The quantitative estimate of drug-likeness (QED) is 0.756. The lowest BCUT2D eigenvalue weighted by atomic mass is 9.91. The van der Waals surface area contributed by atoms with Crippen LogP contribution in [0, 0.1) is 5.92 Å². The van der Waals surface area contributed by atoms with Crippen LogP contribution in [0.5, 0.6) is 0 Å². The minimum atomic E-state index is 0.342. The summed E-state index contributed by atoms with van der Waals surface area (Å²) in [6.07, 6.45) is 4.20. The number of carbonyl (C=O) groups is 1. The number of fused-ring (bicyclic) bond motifs is 3. The fraction of sp³-hybridized carbons (Fsp3) is 0.278. The van der Waals surface area contributed by atoms with Crippen molar-refractivity contribution in [3.05, 3.63) is 59.7 Å². The molecule has 0 radical (unpaired) electrons. The van der Waals surface area contributed by atoms with Gasteiger partial charge in [-0.2, -0.15) is 0 Å². The standard InChI is InChI=1S/C18H18O/c1-3-12(2)8-13-9-14-10-15(19)11-18(14)17-7-5-4-6-16(13)17/h3-7,9,12H,1,8,10-11H2,2H3. The lowest BCUT2D eigenvalue weighted by Crippen LogP contribution is -1.99. The van der Waals surface area contributed by atoms with Gasteiger partial charge in [-0.15, -0.1) is 6.58 Å². The molecule has 1 unspecified atom stereocenters. The summed E-state index contributed by atoms with van der Waals surface area (Å²) in [6, 6.07) is 10.7. The highest BCUT2D eigenvalue weighted by Crippen LogP contribution is 2.32. The highest BCUT2D eigenvalue weighted by molar-refractivity contribution is 5.98. The zero-order valence-corrected chi connectivity index (χ0v) is 11.3. The first-order valence-electron chi connectivity index (χ1n) is 6.85. The average molecular weight is 250 g/mol. The van der Waals surface area contributed by atoms with E-state index in [1.165, 1.54) is 27.5 Å². The molecule has 1 aliphatic rings. The van der Waals surface area contributed by atoms with Crippen LogP contribution >= 0.6 is 0 Å². The maximum atomic E-state index is 11.7. The summed E-state index contributed by atoms with van der Waals surface area (Å²) in [4.78, 5) is 11.7. The molecular weight excluding hydrogens is 232 g/mol. The van der Waals surface area contributed by atoms with Crippen molar-refractivity contribution in [2.45, 2.75) is 26.2 Å². The topological polar surface area (TPSA) is 17.1 Å². The molecule has 0 spiro atoms. The van der Waals surface area contributed by atoms with Crippen LogP contribution in [0.3, 0.4) is 0 Å². The minimum absolute atomic E-state index is 0.342. The largest absolute Gasteiger partial charge is 0.299 e. The van der Waals surface area contributed by atoms with Gasteiger partial charge in [-0.25, -0.2) is 0 Å². The third kappa shape index (κ3) is 2.10. The van der Waals surface area contributed by atoms with Gasteiger partial charge in [0, 0.05) is 12.8 Å². The number of carbonyl (C=O) groups excluding carboxylic acids is 1. The number of hydrogen-bond donors (Lipinski definition) is 0. The number of hydrogen-bond acceptors (Lipinski definition) is 1. The second kappa shape index (κ2) is 4.65. The Morgan fingerprint density at radius 2 is 2.00 bits per heavy atom. The predicted octanol–water partition coefficient (Wildman–Crippen LogP) is 3.87.